The second-order valence-electron chi connectivity index (χ2n) is 6.39. The van der Waals surface area contributed by atoms with Crippen molar-refractivity contribution >= 4 is 41.5 Å². The Balaban J connectivity index is 0.00000261. The van der Waals surface area contributed by atoms with Crippen molar-refractivity contribution in [1.82, 2.24) is 0 Å². The molecule has 1 saturated heterocycles. The maximum absolute atomic E-state index is 12.2. The van der Waals surface area contributed by atoms with Crippen LogP contribution in [0.5, 0.6) is 0 Å². The standard InChI is InChI=1S/C20H21N3O3.ClH/c1-13-11-15(7-8-17(13)23-19(25)9-10-20(23)26)22-18(24)12-16(21)14-5-3-2-4-6-14;/h2-8,11,16H,9-10,12,21H2,1H3,(H,22,24);1H. The summed E-state index contributed by atoms with van der Waals surface area (Å²) >= 11 is 0. The molecule has 2 aromatic carbocycles. The molecule has 2 aromatic rings. The van der Waals surface area contributed by atoms with Gasteiger partial charge in [-0.3, -0.25) is 19.3 Å². The minimum atomic E-state index is -0.378. The minimum Gasteiger partial charge on any atom is -0.326 e. The first-order chi connectivity index (χ1) is 12.5. The molecule has 0 spiro atoms. The molecule has 7 heteroatoms. The molecule has 3 N–H and O–H groups in total. The number of nitrogens with two attached hydrogens (primary N) is 1. The molecule has 1 atom stereocenters. The van der Waals surface area contributed by atoms with E-state index < -0.39 is 0 Å². The van der Waals surface area contributed by atoms with Crippen LogP contribution < -0.4 is 16.0 Å². The van der Waals surface area contributed by atoms with Gasteiger partial charge in [-0.2, -0.15) is 0 Å². The van der Waals surface area contributed by atoms with Crippen molar-refractivity contribution in [1.29, 1.82) is 0 Å². The average Bonchev–Trinajstić information content (AvgIpc) is 2.94. The van der Waals surface area contributed by atoms with E-state index in [1.807, 2.05) is 30.3 Å². The molecule has 3 amide bonds. The molecule has 3 rings (SSSR count). The fraction of sp³-hybridized carbons (Fsp3) is 0.250. The van der Waals surface area contributed by atoms with Gasteiger partial charge in [0.1, 0.15) is 0 Å². The molecule has 142 valence electrons. The average molecular weight is 388 g/mol. The Kier molecular flexibility index (Phi) is 6.71. The number of hydrogen-bond acceptors (Lipinski definition) is 4. The van der Waals surface area contributed by atoms with Crippen molar-refractivity contribution < 1.29 is 14.4 Å². The van der Waals surface area contributed by atoms with Crippen molar-refractivity contribution in [2.45, 2.75) is 32.2 Å². The number of carbonyl (C=O) groups excluding carboxylic acids is 3. The monoisotopic (exact) mass is 387 g/mol. The van der Waals surface area contributed by atoms with Gasteiger partial charge >= 0.3 is 0 Å². The lowest BCUT2D eigenvalue weighted by atomic mass is 10.0. The summed E-state index contributed by atoms with van der Waals surface area (Å²) in [5.74, 6) is -0.575. The van der Waals surface area contributed by atoms with E-state index in [0.717, 1.165) is 11.1 Å². The van der Waals surface area contributed by atoms with Gasteiger partial charge in [0, 0.05) is 31.0 Å². The topological polar surface area (TPSA) is 92.5 Å². The molecule has 0 aliphatic carbocycles. The van der Waals surface area contributed by atoms with Crippen LogP contribution in [0.15, 0.2) is 48.5 Å². The normalized spacial score (nSPS) is 14.7. The maximum atomic E-state index is 12.2. The number of amides is 3. The van der Waals surface area contributed by atoms with Gasteiger partial charge in [-0.1, -0.05) is 30.3 Å². The predicted octanol–water partition coefficient (Wildman–Crippen LogP) is 3.10. The van der Waals surface area contributed by atoms with E-state index in [9.17, 15) is 14.4 Å². The number of carbonyl (C=O) groups is 3. The van der Waals surface area contributed by atoms with Crippen LogP contribution >= 0.6 is 12.4 Å². The van der Waals surface area contributed by atoms with Gasteiger partial charge in [0.2, 0.25) is 17.7 Å². The molecule has 0 radical (unpaired) electrons. The molecule has 1 aliphatic rings. The fourth-order valence-corrected chi connectivity index (χ4v) is 3.06. The molecule has 0 aromatic heterocycles. The van der Waals surface area contributed by atoms with Crippen molar-refractivity contribution in [3.05, 3.63) is 59.7 Å². The Labute approximate surface area is 164 Å². The lowest BCUT2D eigenvalue weighted by Gasteiger charge is -2.18. The predicted molar refractivity (Wildman–Crippen MR) is 107 cm³/mol. The zero-order valence-corrected chi connectivity index (χ0v) is 15.8. The van der Waals surface area contributed by atoms with Crippen molar-refractivity contribution in [2.24, 2.45) is 5.73 Å². The van der Waals surface area contributed by atoms with Crippen molar-refractivity contribution in [3.63, 3.8) is 0 Å². The number of hydrogen-bond donors (Lipinski definition) is 2. The second kappa shape index (κ2) is 8.79. The van der Waals surface area contributed by atoms with Crippen molar-refractivity contribution in [2.75, 3.05) is 10.2 Å². The Morgan fingerprint density at radius 3 is 2.33 bits per heavy atom. The van der Waals surface area contributed by atoms with E-state index in [4.69, 9.17) is 5.73 Å². The highest BCUT2D eigenvalue weighted by Crippen LogP contribution is 2.28. The summed E-state index contributed by atoms with van der Waals surface area (Å²) in [6.45, 7) is 1.81. The van der Waals surface area contributed by atoms with Gasteiger partial charge < -0.3 is 11.1 Å². The molecule has 6 nitrogen and oxygen atoms in total. The van der Waals surface area contributed by atoms with E-state index in [2.05, 4.69) is 5.32 Å². The van der Waals surface area contributed by atoms with Crippen LogP contribution in [0.4, 0.5) is 11.4 Å². The van der Waals surface area contributed by atoms with Gasteiger partial charge in [0.05, 0.1) is 5.69 Å². The number of benzene rings is 2. The lowest BCUT2D eigenvalue weighted by molar-refractivity contribution is -0.121. The molecule has 1 fully saturated rings. The highest BCUT2D eigenvalue weighted by molar-refractivity contribution is 6.20. The Morgan fingerprint density at radius 1 is 1.11 bits per heavy atom. The second-order valence-corrected chi connectivity index (χ2v) is 6.39. The minimum absolute atomic E-state index is 0. The largest absolute Gasteiger partial charge is 0.326 e. The third-order valence-electron chi connectivity index (χ3n) is 4.41. The van der Waals surface area contributed by atoms with E-state index >= 15 is 0 Å². The van der Waals surface area contributed by atoms with Crippen LogP contribution in [-0.4, -0.2) is 17.7 Å². The third kappa shape index (κ3) is 4.72. The number of aryl methyl sites for hydroxylation is 1. The fourth-order valence-electron chi connectivity index (χ4n) is 3.06. The smallest absolute Gasteiger partial charge is 0.234 e. The number of rotatable bonds is 5. The number of nitrogens with one attached hydrogen (secondary N) is 1. The van der Waals surface area contributed by atoms with Gasteiger partial charge in [0.15, 0.2) is 0 Å². The Bertz CT molecular complexity index is 839. The van der Waals surface area contributed by atoms with Gasteiger partial charge in [-0.15, -0.1) is 12.4 Å². The van der Waals surface area contributed by atoms with Crippen LogP contribution in [-0.2, 0) is 14.4 Å². The highest BCUT2D eigenvalue weighted by Gasteiger charge is 2.31. The number of halogens is 1. The summed E-state index contributed by atoms with van der Waals surface area (Å²) in [4.78, 5) is 37.2. The summed E-state index contributed by atoms with van der Waals surface area (Å²) in [7, 11) is 0. The van der Waals surface area contributed by atoms with Crippen LogP contribution in [0, 0.1) is 6.92 Å². The summed E-state index contributed by atoms with van der Waals surface area (Å²) < 4.78 is 0. The van der Waals surface area contributed by atoms with E-state index in [-0.39, 0.29) is 55.4 Å². The van der Waals surface area contributed by atoms with Gasteiger partial charge in [0.25, 0.3) is 0 Å². The molecule has 0 saturated carbocycles. The van der Waals surface area contributed by atoms with E-state index in [1.54, 1.807) is 25.1 Å². The number of imide groups is 1. The molecule has 0 bridgehead atoms. The molecule has 27 heavy (non-hydrogen) atoms. The molecular formula is C20H22ClN3O3. The first kappa shape index (κ1) is 20.6. The molecule has 1 heterocycles. The number of anilines is 2. The Morgan fingerprint density at radius 2 is 1.74 bits per heavy atom. The summed E-state index contributed by atoms with van der Waals surface area (Å²) in [6.07, 6.45) is 0.649. The first-order valence-electron chi connectivity index (χ1n) is 8.52. The van der Waals surface area contributed by atoms with Gasteiger partial charge in [-0.25, -0.2) is 0 Å². The van der Waals surface area contributed by atoms with Crippen LogP contribution in [0.1, 0.15) is 36.4 Å². The van der Waals surface area contributed by atoms with E-state index in [0.29, 0.717) is 11.4 Å². The summed E-state index contributed by atoms with van der Waals surface area (Å²) in [5.41, 5.74) is 8.90. The Hall–Kier alpha value is -2.70. The van der Waals surface area contributed by atoms with Crippen LogP contribution in [0.25, 0.3) is 0 Å². The molecule has 1 unspecified atom stereocenters. The highest BCUT2D eigenvalue weighted by atomic mass is 35.5. The third-order valence-corrected chi connectivity index (χ3v) is 4.41. The van der Waals surface area contributed by atoms with E-state index in [1.165, 1.54) is 4.90 Å². The van der Waals surface area contributed by atoms with Crippen LogP contribution in [0.2, 0.25) is 0 Å². The summed E-state index contributed by atoms with van der Waals surface area (Å²) in [6, 6.07) is 14.2. The summed E-state index contributed by atoms with van der Waals surface area (Å²) in [5, 5.41) is 2.82. The molecular weight excluding hydrogens is 366 g/mol. The zero-order valence-electron chi connectivity index (χ0n) is 15.0. The van der Waals surface area contributed by atoms with Gasteiger partial charge in [-0.05, 0) is 36.2 Å². The van der Waals surface area contributed by atoms with Crippen molar-refractivity contribution in [3.8, 4) is 0 Å². The molecule has 1 aliphatic heterocycles. The van der Waals surface area contributed by atoms with Crippen LogP contribution in [0.3, 0.4) is 0 Å². The maximum Gasteiger partial charge on any atom is 0.234 e. The number of nitrogens with zero attached hydrogens (tertiary/aromatic N) is 1. The zero-order chi connectivity index (χ0) is 18.7. The lowest BCUT2D eigenvalue weighted by Crippen LogP contribution is -2.29. The first-order valence-corrected chi connectivity index (χ1v) is 8.52. The quantitative estimate of drug-likeness (QED) is 0.771. The SMILES string of the molecule is Cc1cc(NC(=O)CC(N)c2ccccc2)ccc1N1C(=O)CCC1=O.Cl.